The highest BCUT2D eigenvalue weighted by Gasteiger charge is 2.33. The van der Waals surface area contributed by atoms with Crippen LogP contribution in [0.5, 0.6) is 0 Å². The van der Waals surface area contributed by atoms with Crippen molar-refractivity contribution in [3.63, 3.8) is 0 Å². The number of hydrogen-bond donors (Lipinski definition) is 1. The van der Waals surface area contributed by atoms with E-state index in [0.29, 0.717) is 23.0 Å². The van der Waals surface area contributed by atoms with E-state index in [-0.39, 0.29) is 17.9 Å². The molecule has 0 spiro atoms. The van der Waals surface area contributed by atoms with Gasteiger partial charge in [0.05, 0.1) is 5.57 Å². The monoisotopic (exact) mass is 379 g/mol. The molecule has 142 valence electrons. The van der Waals surface area contributed by atoms with Gasteiger partial charge in [0.1, 0.15) is 18.2 Å². The number of rotatable bonds is 3. The van der Waals surface area contributed by atoms with E-state index in [0.717, 1.165) is 16.7 Å². The van der Waals surface area contributed by atoms with Gasteiger partial charge in [0.25, 0.3) is 5.78 Å². The van der Waals surface area contributed by atoms with Crippen LogP contribution in [0.3, 0.4) is 0 Å². The van der Waals surface area contributed by atoms with Gasteiger partial charge in [-0.15, -0.1) is 0 Å². The topological polar surface area (TPSA) is 68.5 Å². The number of fused-ring (bicyclic) bond motifs is 1. The van der Waals surface area contributed by atoms with Gasteiger partial charge in [0.2, 0.25) is 0 Å². The minimum atomic E-state index is -0.994. The first-order valence-electron chi connectivity index (χ1n) is 8.83. The molecule has 0 bridgehead atoms. The number of Topliss-reactive ketones (excluding diaryl/α,β-unsaturated/α-hetero) is 1. The zero-order chi connectivity index (χ0) is 20.0. The van der Waals surface area contributed by atoms with Crippen molar-refractivity contribution in [3.05, 3.63) is 76.2 Å². The Kier molecular flexibility index (Phi) is 4.26. The summed E-state index contributed by atoms with van der Waals surface area (Å²) in [6.45, 7) is 4.26. The van der Waals surface area contributed by atoms with Crippen molar-refractivity contribution in [3.8, 4) is 0 Å². The lowest BCUT2D eigenvalue weighted by atomic mass is 10.1. The van der Waals surface area contributed by atoms with E-state index in [9.17, 15) is 19.1 Å². The predicted octanol–water partition coefficient (Wildman–Crippen LogP) is 3.84. The number of benzene rings is 2. The van der Waals surface area contributed by atoms with Gasteiger partial charge in [-0.3, -0.25) is 4.79 Å². The molecule has 0 atom stereocenters. The summed E-state index contributed by atoms with van der Waals surface area (Å²) < 4.78 is 20.5. The highest BCUT2D eigenvalue weighted by molar-refractivity contribution is 6.43. The Morgan fingerprint density at radius 2 is 1.86 bits per heavy atom. The predicted molar refractivity (Wildman–Crippen MR) is 102 cm³/mol. The Morgan fingerprint density at radius 1 is 1.14 bits per heavy atom. The number of carbonyl (C=O) groups is 2. The maximum absolute atomic E-state index is 13.9. The molecule has 28 heavy (non-hydrogen) atoms. The van der Waals surface area contributed by atoms with E-state index in [1.54, 1.807) is 12.3 Å². The second-order valence-electron chi connectivity index (χ2n) is 7.06. The number of aromatic nitrogens is 1. The SMILES string of the molecule is Cc1cc(C)cc(Cn2cc(C(O)=C3COC(=O)C3=O)c3cc(F)ccc32)c1. The van der Waals surface area contributed by atoms with Crippen LogP contribution in [0.1, 0.15) is 22.3 Å². The summed E-state index contributed by atoms with van der Waals surface area (Å²) in [4.78, 5) is 23.3. The van der Waals surface area contributed by atoms with E-state index in [2.05, 4.69) is 18.2 Å². The van der Waals surface area contributed by atoms with Gasteiger partial charge >= 0.3 is 5.97 Å². The number of aryl methyl sites for hydroxylation is 2. The second-order valence-corrected chi connectivity index (χ2v) is 7.06. The number of nitrogens with zero attached hydrogens (tertiary/aromatic N) is 1. The third kappa shape index (κ3) is 3.07. The lowest BCUT2D eigenvalue weighted by molar-refractivity contribution is -0.146. The number of aliphatic hydroxyl groups is 1. The number of aliphatic hydroxyl groups excluding tert-OH is 1. The van der Waals surface area contributed by atoms with E-state index >= 15 is 0 Å². The minimum absolute atomic E-state index is 0.111. The van der Waals surface area contributed by atoms with Crippen LogP contribution in [0, 0.1) is 19.7 Å². The summed E-state index contributed by atoms with van der Waals surface area (Å²) in [5.74, 6) is -2.68. The molecule has 0 aliphatic carbocycles. The molecule has 2 heterocycles. The maximum Gasteiger partial charge on any atom is 0.379 e. The highest BCUT2D eigenvalue weighted by atomic mass is 19.1. The number of hydrogen-bond acceptors (Lipinski definition) is 4. The van der Waals surface area contributed by atoms with Crippen LogP contribution in [0.2, 0.25) is 0 Å². The van der Waals surface area contributed by atoms with Crippen LogP contribution >= 0.6 is 0 Å². The summed E-state index contributed by atoms with van der Waals surface area (Å²) in [5.41, 5.74) is 4.22. The Labute approximate surface area is 160 Å². The van der Waals surface area contributed by atoms with Gasteiger partial charge in [-0.2, -0.15) is 0 Å². The van der Waals surface area contributed by atoms with Crippen molar-refractivity contribution in [2.75, 3.05) is 6.61 Å². The molecule has 0 unspecified atom stereocenters. The molecule has 1 saturated heterocycles. The quantitative estimate of drug-likeness (QED) is 0.325. The number of ether oxygens (including phenoxy) is 1. The molecule has 1 fully saturated rings. The molecule has 1 aliphatic heterocycles. The van der Waals surface area contributed by atoms with Gasteiger partial charge in [-0.05, 0) is 37.6 Å². The fourth-order valence-corrected chi connectivity index (χ4v) is 3.68. The average Bonchev–Trinajstić information content (AvgIpc) is 3.14. The second kappa shape index (κ2) is 6.64. The van der Waals surface area contributed by atoms with Gasteiger partial charge in [0, 0.05) is 29.2 Å². The molecule has 5 nitrogen and oxygen atoms in total. The van der Waals surface area contributed by atoms with Gasteiger partial charge < -0.3 is 14.4 Å². The van der Waals surface area contributed by atoms with Crippen LogP contribution in [0.25, 0.3) is 16.7 Å². The van der Waals surface area contributed by atoms with Gasteiger partial charge in [0.15, 0.2) is 0 Å². The molecule has 1 N–H and O–H groups in total. The third-order valence-electron chi connectivity index (χ3n) is 4.83. The lowest BCUT2D eigenvalue weighted by Gasteiger charge is -2.08. The zero-order valence-corrected chi connectivity index (χ0v) is 15.5. The van der Waals surface area contributed by atoms with Crippen LogP contribution in [-0.2, 0) is 20.9 Å². The average molecular weight is 379 g/mol. The van der Waals surface area contributed by atoms with Crippen LogP contribution in [0.4, 0.5) is 4.39 Å². The fourth-order valence-electron chi connectivity index (χ4n) is 3.68. The normalized spacial score (nSPS) is 16.0. The van der Waals surface area contributed by atoms with Gasteiger partial charge in [-0.25, -0.2) is 9.18 Å². The molecule has 0 saturated carbocycles. The van der Waals surface area contributed by atoms with Gasteiger partial charge in [-0.1, -0.05) is 29.3 Å². The summed E-state index contributed by atoms with van der Waals surface area (Å²) in [7, 11) is 0. The largest absolute Gasteiger partial charge is 0.507 e. The van der Waals surface area contributed by atoms with Crippen LogP contribution in [0.15, 0.2) is 48.2 Å². The zero-order valence-electron chi connectivity index (χ0n) is 15.5. The van der Waals surface area contributed by atoms with Crippen LogP contribution in [-0.4, -0.2) is 28.0 Å². The molecule has 2 aromatic carbocycles. The summed E-state index contributed by atoms with van der Waals surface area (Å²) in [5, 5.41) is 11.1. The molecule has 4 rings (SSSR count). The highest BCUT2D eigenvalue weighted by Crippen LogP contribution is 2.31. The first-order valence-corrected chi connectivity index (χ1v) is 8.83. The maximum atomic E-state index is 13.9. The molecule has 3 aromatic rings. The van der Waals surface area contributed by atoms with Crippen molar-refractivity contribution in [1.29, 1.82) is 0 Å². The molecule has 1 aromatic heterocycles. The molecular weight excluding hydrogens is 361 g/mol. The van der Waals surface area contributed by atoms with Crippen molar-refractivity contribution < 1.29 is 23.8 Å². The Morgan fingerprint density at radius 3 is 2.50 bits per heavy atom. The Bertz CT molecular complexity index is 1150. The third-order valence-corrected chi connectivity index (χ3v) is 4.83. The van der Waals surface area contributed by atoms with Crippen LogP contribution < -0.4 is 0 Å². The Hall–Kier alpha value is -3.41. The molecule has 1 aliphatic rings. The van der Waals surface area contributed by atoms with E-state index in [1.807, 2.05) is 18.4 Å². The molecular formula is C22H18FNO4. The van der Waals surface area contributed by atoms with E-state index in [4.69, 9.17) is 4.74 Å². The van der Waals surface area contributed by atoms with Crippen molar-refractivity contribution in [2.45, 2.75) is 20.4 Å². The summed E-state index contributed by atoms with van der Waals surface area (Å²) >= 11 is 0. The van der Waals surface area contributed by atoms with E-state index < -0.39 is 17.6 Å². The first-order chi connectivity index (χ1) is 13.3. The standard InChI is InChI=1S/C22H18FNO4/c1-12-5-13(2)7-14(6-12)9-24-10-17(16-8-15(23)3-4-19(16)24)20(25)18-11-28-22(27)21(18)26/h3-8,10,25H,9,11H2,1-2H3. The smallest absolute Gasteiger partial charge is 0.379 e. The molecule has 0 radical (unpaired) electrons. The summed E-state index contributed by atoms with van der Waals surface area (Å²) in [6, 6.07) is 10.5. The first kappa shape index (κ1) is 18.0. The lowest BCUT2D eigenvalue weighted by Crippen LogP contribution is -2.08. The number of halogens is 1. The number of esters is 1. The summed E-state index contributed by atoms with van der Waals surface area (Å²) in [6.07, 6.45) is 1.67. The number of ketones is 1. The Balaban J connectivity index is 1.87. The molecule has 0 amide bonds. The minimum Gasteiger partial charge on any atom is -0.507 e. The van der Waals surface area contributed by atoms with Crippen molar-refractivity contribution in [2.24, 2.45) is 0 Å². The number of cyclic esters (lactones) is 1. The van der Waals surface area contributed by atoms with Crippen molar-refractivity contribution in [1.82, 2.24) is 4.57 Å². The number of carbonyl (C=O) groups excluding carboxylic acids is 2. The molecule has 6 heteroatoms. The fraction of sp³-hybridized carbons (Fsp3) is 0.182. The van der Waals surface area contributed by atoms with Crippen molar-refractivity contribution >= 4 is 28.4 Å². The van der Waals surface area contributed by atoms with E-state index in [1.165, 1.54) is 12.1 Å².